The number of hydrogen-bond donors (Lipinski definition) is 3. The summed E-state index contributed by atoms with van der Waals surface area (Å²) in [6.07, 6.45) is 17.9. The largest absolute Gasteiger partial charge is 0.472 e. The van der Waals surface area contributed by atoms with Crippen LogP contribution in [0.4, 0.5) is 4.79 Å². The van der Waals surface area contributed by atoms with Crippen LogP contribution < -0.4 is 5.32 Å². The number of allylic oxidation sites excluding steroid dienone is 1. The van der Waals surface area contributed by atoms with Gasteiger partial charge in [-0.3, -0.25) is 13.8 Å². The van der Waals surface area contributed by atoms with E-state index in [1.54, 1.807) is 0 Å². The van der Waals surface area contributed by atoms with Gasteiger partial charge in [0.2, 0.25) is 5.91 Å². The maximum atomic E-state index is 12.8. The average Bonchev–Trinajstić information content (AvgIpc) is 3.66. The number of amides is 2. The molecule has 3 saturated carbocycles. The second-order valence-corrected chi connectivity index (χ2v) is 19.3. The molecule has 0 spiro atoms. The molecule has 292 valence electrons. The zero-order valence-corrected chi connectivity index (χ0v) is 33.3. The quantitative estimate of drug-likeness (QED) is 0.0817. The Morgan fingerprint density at radius 2 is 1.80 bits per heavy atom. The fraction of sp³-hybridized carbons (Fsp3) is 0.900. The van der Waals surface area contributed by atoms with Gasteiger partial charge in [0.1, 0.15) is 6.10 Å². The first-order valence-corrected chi connectivity index (χ1v) is 21.8. The number of nitrogens with zero attached hydrogens (tertiary/aromatic N) is 1. The smallest absolute Gasteiger partial charge is 0.446 e. The van der Waals surface area contributed by atoms with Crippen LogP contribution in [0.2, 0.25) is 0 Å². The minimum absolute atomic E-state index is 0.0775. The van der Waals surface area contributed by atoms with Crippen molar-refractivity contribution in [3.05, 3.63) is 11.6 Å². The molecule has 11 atom stereocenters. The Morgan fingerprint density at radius 3 is 2.53 bits per heavy atom. The summed E-state index contributed by atoms with van der Waals surface area (Å²) in [5.74, 6) is 4.76. The number of likely N-dealkylation sites (tertiary alicyclic amines) is 1. The van der Waals surface area contributed by atoms with Crippen LogP contribution in [0.5, 0.6) is 0 Å². The van der Waals surface area contributed by atoms with Crippen LogP contribution in [0, 0.1) is 46.3 Å². The first kappa shape index (κ1) is 40.7. The number of ether oxygens (including phenoxy) is 1. The monoisotopic (exact) mass is 736 g/mol. The van der Waals surface area contributed by atoms with Crippen molar-refractivity contribution in [3.63, 3.8) is 0 Å². The third kappa shape index (κ3) is 9.44. The summed E-state index contributed by atoms with van der Waals surface area (Å²) in [6.45, 7) is 12.8. The maximum absolute atomic E-state index is 12.8. The van der Waals surface area contributed by atoms with Gasteiger partial charge in [0.15, 0.2) is 0 Å². The minimum atomic E-state index is -4.17. The number of phosphoric ester groups is 1. The van der Waals surface area contributed by atoms with Gasteiger partial charge in [0, 0.05) is 33.0 Å². The molecule has 3 N–H and O–H groups in total. The predicted octanol–water partition coefficient (Wildman–Crippen LogP) is 8.41. The molecule has 0 aromatic heterocycles. The molecule has 4 fully saturated rings. The van der Waals surface area contributed by atoms with Crippen LogP contribution >= 0.6 is 7.82 Å². The summed E-state index contributed by atoms with van der Waals surface area (Å²) in [5, 5.41) is 12.6. The topological polar surface area (TPSA) is 135 Å². The van der Waals surface area contributed by atoms with Gasteiger partial charge in [-0.25, -0.2) is 9.36 Å². The van der Waals surface area contributed by atoms with Gasteiger partial charge in [-0.2, -0.15) is 0 Å². The van der Waals surface area contributed by atoms with Gasteiger partial charge in [0.05, 0.1) is 18.8 Å². The maximum Gasteiger partial charge on any atom is 0.472 e. The molecule has 51 heavy (non-hydrogen) atoms. The lowest BCUT2D eigenvalue weighted by molar-refractivity contribution is -0.133. The van der Waals surface area contributed by atoms with Crippen molar-refractivity contribution in [2.45, 2.75) is 156 Å². The Hall–Kier alpha value is -1.45. The van der Waals surface area contributed by atoms with E-state index in [2.05, 4.69) is 50.5 Å². The van der Waals surface area contributed by atoms with Crippen molar-refractivity contribution in [3.8, 4) is 0 Å². The Kier molecular flexibility index (Phi) is 13.9. The van der Waals surface area contributed by atoms with Crippen LogP contribution in [0.25, 0.3) is 0 Å². The number of rotatable bonds is 16. The lowest BCUT2D eigenvalue weighted by Gasteiger charge is -2.58. The number of hydrogen-bond acceptors (Lipinski definition) is 7. The predicted molar refractivity (Wildman–Crippen MR) is 199 cm³/mol. The molecule has 4 unspecified atom stereocenters. The molecule has 5 rings (SSSR count). The SMILES string of the molecule is COP(=O)(O)O[C@H]1C[C@H](CO)N(C(=O)CCCCCNC(=O)O[C@H]2CC[C@@]3(C)C(=CCC4C3CC[C@@]3(C)C4CC[C@@H]3[C@H](C)CCCC(C)C)C2)C1. The first-order valence-electron chi connectivity index (χ1n) is 20.3. The number of nitrogens with one attached hydrogen (secondary N) is 1. The Balaban J connectivity index is 1.02. The highest BCUT2D eigenvalue weighted by Crippen LogP contribution is 2.67. The molecule has 1 saturated heterocycles. The molecule has 1 heterocycles. The van der Waals surface area contributed by atoms with Crippen LogP contribution in [-0.4, -0.2) is 72.0 Å². The van der Waals surface area contributed by atoms with E-state index in [0.29, 0.717) is 24.8 Å². The van der Waals surface area contributed by atoms with Gasteiger partial charge >= 0.3 is 13.9 Å². The van der Waals surface area contributed by atoms with Gasteiger partial charge in [-0.15, -0.1) is 0 Å². The van der Waals surface area contributed by atoms with Crippen LogP contribution in [0.15, 0.2) is 11.6 Å². The number of unbranched alkanes of at least 4 members (excludes halogenated alkanes) is 2. The molecule has 0 radical (unpaired) electrons. The molecular weight excluding hydrogens is 667 g/mol. The van der Waals surface area contributed by atoms with E-state index in [4.69, 9.17) is 9.26 Å². The highest BCUT2D eigenvalue weighted by atomic mass is 31.2. The standard InChI is InChI=1S/C40H69N2O8P/c1-27(2)11-10-12-28(3)34-16-17-35-33-15-14-29-23-31(18-20-39(29,4)36(33)19-21-40(34,35)5)49-38(45)41-22-9-7-8-13-37(44)42-25-32(24-30(42)26-43)50-51(46,47)48-6/h14,27-28,30-36,43H,7-13,15-26H2,1-6H3,(H,41,45)(H,46,47)/t28-,30-,31+,32+,33?,34-,35?,36?,39+,40-/m1/s1. The van der Waals surface area contributed by atoms with Crippen molar-refractivity contribution >= 4 is 19.8 Å². The summed E-state index contributed by atoms with van der Waals surface area (Å²) in [4.78, 5) is 36.7. The molecule has 1 aliphatic heterocycles. The van der Waals surface area contributed by atoms with E-state index < -0.39 is 20.0 Å². The molecule has 11 heteroatoms. The van der Waals surface area contributed by atoms with E-state index in [-0.39, 0.29) is 43.1 Å². The number of carbonyl (C=O) groups is 2. The average molecular weight is 737 g/mol. The molecule has 0 bridgehead atoms. The van der Waals surface area contributed by atoms with Crippen LogP contribution in [0.3, 0.4) is 0 Å². The molecule has 2 amide bonds. The van der Waals surface area contributed by atoms with Crippen molar-refractivity contribution < 1.29 is 37.9 Å². The van der Waals surface area contributed by atoms with Crippen LogP contribution in [0.1, 0.15) is 137 Å². The van der Waals surface area contributed by atoms with E-state index >= 15 is 0 Å². The second-order valence-electron chi connectivity index (χ2n) is 17.8. The third-order valence-electron chi connectivity index (χ3n) is 14.3. The summed E-state index contributed by atoms with van der Waals surface area (Å²) >= 11 is 0. The Morgan fingerprint density at radius 1 is 1.02 bits per heavy atom. The van der Waals surface area contributed by atoms with Crippen LogP contribution in [-0.2, 0) is 23.1 Å². The van der Waals surface area contributed by atoms with E-state index in [0.717, 1.165) is 74.7 Å². The van der Waals surface area contributed by atoms with E-state index in [9.17, 15) is 24.2 Å². The highest BCUT2D eigenvalue weighted by Gasteiger charge is 2.59. The fourth-order valence-corrected chi connectivity index (χ4v) is 12.1. The Bertz CT molecular complexity index is 1280. The number of carbonyl (C=O) groups excluding carboxylic acids is 2. The molecule has 5 aliphatic rings. The second kappa shape index (κ2) is 17.3. The zero-order chi connectivity index (χ0) is 37.0. The van der Waals surface area contributed by atoms with Crippen molar-refractivity contribution in [1.82, 2.24) is 10.2 Å². The van der Waals surface area contributed by atoms with Gasteiger partial charge in [0.25, 0.3) is 0 Å². The minimum Gasteiger partial charge on any atom is -0.446 e. The molecule has 10 nitrogen and oxygen atoms in total. The summed E-state index contributed by atoms with van der Waals surface area (Å²) in [6, 6.07) is -0.448. The van der Waals surface area contributed by atoms with Crippen molar-refractivity contribution in [2.24, 2.45) is 46.3 Å². The highest BCUT2D eigenvalue weighted by molar-refractivity contribution is 7.47. The molecule has 0 aromatic rings. The lowest BCUT2D eigenvalue weighted by atomic mass is 9.47. The lowest BCUT2D eigenvalue weighted by Crippen LogP contribution is -2.51. The van der Waals surface area contributed by atoms with Gasteiger partial charge in [-0.05, 0) is 111 Å². The van der Waals surface area contributed by atoms with E-state index in [1.165, 1.54) is 61.8 Å². The number of aliphatic hydroxyl groups excluding tert-OH is 1. The first-order chi connectivity index (χ1) is 24.2. The summed E-state index contributed by atoms with van der Waals surface area (Å²) in [5.41, 5.74) is 2.24. The molecule has 4 aliphatic carbocycles. The van der Waals surface area contributed by atoms with Crippen molar-refractivity contribution in [1.29, 1.82) is 0 Å². The summed E-state index contributed by atoms with van der Waals surface area (Å²) < 4.78 is 27.3. The Labute approximate surface area is 307 Å². The normalized spacial score (nSPS) is 36.5. The van der Waals surface area contributed by atoms with Gasteiger partial charge < -0.3 is 25.0 Å². The fourth-order valence-electron chi connectivity index (χ4n) is 11.5. The third-order valence-corrected chi connectivity index (χ3v) is 15.3. The number of alkyl carbamates (subject to hydrolysis) is 1. The molecular formula is C40H69N2O8P. The molecule has 0 aromatic carbocycles. The van der Waals surface area contributed by atoms with Gasteiger partial charge in [-0.1, -0.05) is 72.0 Å². The number of aliphatic hydroxyl groups is 1. The van der Waals surface area contributed by atoms with E-state index in [1.807, 2.05) is 0 Å². The number of phosphoric acid groups is 1. The summed E-state index contributed by atoms with van der Waals surface area (Å²) in [7, 11) is -3.08. The number of fused-ring (bicyclic) bond motifs is 5. The van der Waals surface area contributed by atoms with Crippen molar-refractivity contribution in [2.75, 3.05) is 26.8 Å². The zero-order valence-electron chi connectivity index (χ0n) is 32.4.